The van der Waals surface area contributed by atoms with E-state index in [-0.39, 0.29) is 23.4 Å². The summed E-state index contributed by atoms with van der Waals surface area (Å²) in [5, 5.41) is 0. The van der Waals surface area contributed by atoms with E-state index in [1.165, 1.54) is 0 Å². The molecule has 90 valence electrons. The predicted octanol–water partition coefficient (Wildman–Crippen LogP) is 3.26. The molecule has 1 aliphatic rings. The quantitative estimate of drug-likeness (QED) is 0.744. The highest BCUT2D eigenvalue weighted by Crippen LogP contribution is 2.35. The summed E-state index contributed by atoms with van der Waals surface area (Å²) in [5.41, 5.74) is 0.765. The van der Waals surface area contributed by atoms with E-state index in [0.717, 1.165) is 24.8 Å². The molecular weight excluding hydrogens is 212 g/mol. The van der Waals surface area contributed by atoms with Gasteiger partial charge >= 0.3 is 0 Å². The van der Waals surface area contributed by atoms with Crippen molar-refractivity contribution in [3.05, 3.63) is 35.9 Å². The second-order valence-electron chi connectivity index (χ2n) is 4.90. The minimum absolute atomic E-state index is 0.114. The molecule has 0 aliphatic heterocycles. The van der Waals surface area contributed by atoms with E-state index in [2.05, 4.69) is 0 Å². The van der Waals surface area contributed by atoms with Gasteiger partial charge in [-0.25, -0.2) is 0 Å². The molecule has 0 radical (unpaired) electrons. The second kappa shape index (κ2) is 5.26. The molecule has 1 aromatic rings. The highest BCUT2D eigenvalue weighted by atomic mass is 16.1. The number of rotatable bonds is 4. The van der Waals surface area contributed by atoms with Crippen LogP contribution in [0.4, 0.5) is 0 Å². The Hall–Kier alpha value is -1.44. The van der Waals surface area contributed by atoms with Gasteiger partial charge in [-0.3, -0.25) is 9.59 Å². The van der Waals surface area contributed by atoms with Crippen molar-refractivity contribution in [2.45, 2.75) is 32.6 Å². The van der Waals surface area contributed by atoms with Crippen LogP contribution in [-0.4, -0.2) is 11.6 Å². The summed E-state index contributed by atoms with van der Waals surface area (Å²) in [7, 11) is 0. The Kier molecular flexibility index (Phi) is 3.72. The maximum Gasteiger partial charge on any atom is 0.163 e. The Morgan fingerprint density at radius 1 is 1.18 bits per heavy atom. The maximum atomic E-state index is 12.1. The van der Waals surface area contributed by atoms with Gasteiger partial charge in [0.05, 0.1) is 0 Å². The first kappa shape index (κ1) is 12.0. The Bertz CT molecular complexity index is 408. The Morgan fingerprint density at radius 2 is 1.88 bits per heavy atom. The smallest absolute Gasteiger partial charge is 0.163 e. The average Bonchev–Trinajstić information content (AvgIpc) is 2.78. The van der Waals surface area contributed by atoms with E-state index in [1.54, 1.807) is 6.92 Å². The van der Waals surface area contributed by atoms with Gasteiger partial charge in [0.1, 0.15) is 5.78 Å². The van der Waals surface area contributed by atoms with Crippen LogP contribution in [0.15, 0.2) is 30.3 Å². The number of benzene rings is 1. The molecule has 2 rings (SSSR count). The van der Waals surface area contributed by atoms with Gasteiger partial charge < -0.3 is 0 Å². The topological polar surface area (TPSA) is 34.1 Å². The van der Waals surface area contributed by atoms with Crippen molar-refractivity contribution in [2.24, 2.45) is 11.8 Å². The van der Waals surface area contributed by atoms with E-state index < -0.39 is 0 Å². The summed E-state index contributed by atoms with van der Waals surface area (Å²) < 4.78 is 0. The van der Waals surface area contributed by atoms with Gasteiger partial charge in [-0.1, -0.05) is 36.8 Å². The maximum absolute atomic E-state index is 12.1. The molecule has 1 saturated carbocycles. The summed E-state index contributed by atoms with van der Waals surface area (Å²) in [6, 6.07) is 9.36. The van der Waals surface area contributed by atoms with Crippen LogP contribution in [0.3, 0.4) is 0 Å². The van der Waals surface area contributed by atoms with Crippen molar-refractivity contribution < 1.29 is 9.59 Å². The highest BCUT2D eigenvalue weighted by Gasteiger charge is 2.32. The lowest BCUT2D eigenvalue weighted by atomic mass is 9.87. The Balaban J connectivity index is 2.02. The number of Topliss-reactive ketones (excluding diaryl/α,β-unsaturated/α-hetero) is 2. The molecule has 0 N–H and O–H groups in total. The average molecular weight is 230 g/mol. The largest absolute Gasteiger partial charge is 0.300 e. The molecule has 2 atom stereocenters. The van der Waals surface area contributed by atoms with Gasteiger partial charge in [0, 0.05) is 17.9 Å². The van der Waals surface area contributed by atoms with Crippen LogP contribution < -0.4 is 0 Å². The fourth-order valence-electron chi connectivity index (χ4n) is 2.80. The van der Waals surface area contributed by atoms with Crippen molar-refractivity contribution >= 4 is 11.6 Å². The first-order valence-corrected chi connectivity index (χ1v) is 6.27. The van der Waals surface area contributed by atoms with Gasteiger partial charge in [0.15, 0.2) is 5.78 Å². The molecular formula is C15H18O2. The second-order valence-corrected chi connectivity index (χ2v) is 4.90. The first-order valence-electron chi connectivity index (χ1n) is 6.27. The predicted molar refractivity (Wildman–Crippen MR) is 66.9 cm³/mol. The highest BCUT2D eigenvalue weighted by molar-refractivity contribution is 5.96. The summed E-state index contributed by atoms with van der Waals surface area (Å²) in [4.78, 5) is 23.5. The summed E-state index contributed by atoms with van der Waals surface area (Å²) in [6.07, 6.45) is 3.58. The molecule has 0 heterocycles. The van der Waals surface area contributed by atoms with Crippen molar-refractivity contribution in [1.82, 2.24) is 0 Å². The van der Waals surface area contributed by atoms with Crippen LogP contribution in [0.25, 0.3) is 0 Å². The molecule has 2 heteroatoms. The van der Waals surface area contributed by atoms with Gasteiger partial charge in [-0.05, 0) is 25.7 Å². The number of hydrogen-bond acceptors (Lipinski definition) is 2. The molecule has 0 aromatic heterocycles. The third-order valence-electron chi connectivity index (χ3n) is 3.72. The Morgan fingerprint density at radius 3 is 2.53 bits per heavy atom. The zero-order valence-corrected chi connectivity index (χ0v) is 10.2. The number of ketones is 2. The molecule has 0 spiro atoms. The van der Waals surface area contributed by atoms with Gasteiger partial charge in [-0.15, -0.1) is 0 Å². The van der Waals surface area contributed by atoms with Crippen LogP contribution in [-0.2, 0) is 4.79 Å². The Labute approximate surface area is 102 Å². The van der Waals surface area contributed by atoms with E-state index in [0.29, 0.717) is 6.42 Å². The lowest BCUT2D eigenvalue weighted by molar-refractivity contribution is -0.121. The number of hydrogen-bond donors (Lipinski definition) is 0. The van der Waals surface area contributed by atoms with Crippen molar-refractivity contribution in [1.29, 1.82) is 0 Å². The summed E-state index contributed by atoms with van der Waals surface area (Å²) >= 11 is 0. The lowest BCUT2D eigenvalue weighted by Crippen LogP contribution is -2.19. The van der Waals surface area contributed by atoms with E-state index >= 15 is 0 Å². The number of carbonyl (C=O) groups excluding carboxylic acids is 2. The molecule has 2 nitrogen and oxygen atoms in total. The fraction of sp³-hybridized carbons (Fsp3) is 0.467. The van der Waals surface area contributed by atoms with Gasteiger partial charge in [-0.2, -0.15) is 0 Å². The van der Waals surface area contributed by atoms with E-state index in [1.807, 2.05) is 30.3 Å². The first-order chi connectivity index (χ1) is 8.18. The third-order valence-corrected chi connectivity index (χ3v) is 3.72. The molecule has 0 saturated heterocycles. The van der Waals surface area contributed by atoms with Crippen molar-refractivity contribution in [3.63, 3.8) is 0 Å². The molecule has 17 heavy (non-hydrogen) atoms. The van der Waals surface area contributed by atoms with Crippen LogP contribution in [0.5, 0.6) is 0 Å². The zero-order valence-electron chi connectivity index (χ0n) is 10.2. The molecule has 0 bridgehead atoms. The SMILES string of the molecule is CC(=O)[C@@H]1CCC[C@@H]1CC(=O)c1ccccc1. The zero-order chi connectivity index (χ0) is 12.3. The molecule has 1 aromatic carbocycles. The fourth-order valence-corrected chi connectivity index (χ4v) is 2.80. The minimum atomic E-state index is 0.114. The molecule has 0 unspecified atom stereocenters. The standard InChI is InChI=1S/C15H18O2/c1-11(16)14-9-5-8-13(14)10-15(17)12-6-3-2-4-7-12/h2-4,6-7,13-14H,5,8-10H2,1H3/t13-,14+/m1/s1. The normalized spacial score (nSPS) is 23.6. The van der Waals surface area contributed by atoms with Gasteiger partial charge in [0.25, 0.3) is 0 Å². The van der Waals surface area contributed by atoms with E-state index in [4.69, 9.17) is 0 Å². The number of carbonyl (C=O) groups is 2. The van der Waals surface area contributed by atoms with E-state index in [9.17, 15) is 9.59 Å². The van der Waals surface area contributed by atoms with Crippen LogP contribution in [0.1, 0.15) is 43.0 Å². The monoisotopic (exact) mass is 230 g/mol. The molecule has 0 amide bonds. The summed E-state index contributed by atoms with van der Waals surface area (Å²) in [5.74, 6) is 0.792. The van der Waals surface area contributed by atoms with Crippen molar-refractivity contribution in [2.75, 3.05) is 0 Å². The van der Waals surface area contributed by atoms with Crippen LogP contribution in [0, 0.1) is 11.8 Å². The van der Waals surface area contributed by atoms with Crippen molar-refractivity contribution in [3.8, 4) is 0 Å². The summed E-state index contributed by atoms with van der Waals surface area (Å²) in [6.45, 7) is 1.65. The minimum Gasteiger partial charge on any atom is -0.300 e. The third kappa shape index (κ3) is 2.82. The van der Waals surface area contributed by atoms with Crippen LogP contribution >= 0.6 is 0 Å². The lowest BCUT2D eigenvalue weighted by Gasteiger charge is -2.15. The van der Waals surface area contributed by atoms with Gasteiger partial charge in [0.2, 0.25) is 0 Å². The molecule has 1 fully saturated rings. The van der Waals surface area contributed by atoms with Crippen LogP contribution in [0.2, 0.25) is 0 Å². The molecule has 1 aliphatic carbocycles.